The monoisotopic (exact) mass is 562 g/mol. The molecule has 3 aliphatic rings. The third-order valence-corrected chi connectivity index (χ3v) is 11.0. The van der Waals surface area contributed by atoms with Gasteiger partial charge in [-0.2, -0.15) is 5.26 Å². The Hall–Kier alpha value is -5.18. The molecule has 0 saturated carbocycles. The fourth-order valence-electron chi connectivity index (χ4n) is 8.69. The molecule has 0 aromatic heterocycles. The van der Waals surface area contributed by atoms with Crippen molar-refractivity contribution in [2.45, 2.75) is 51.4 Å². The van der Waals surface area contributed by atoms with Crippen LogP contribution in [0.4, 0.5) is 5.69 Å². The molecule has 44 heavy (non-hydrogen) atoms. The molecule has 0 amide bonds. The summed E-state index contributed by atoms with van der Waals surface area (Å²) in [5.41, 5.74) is 17.0. The minimum atomic E-state index is -0.214. The largest absolute Gasteiger partial charge is 0.238 e. The summed E-state index contributed by atoms with van der Waals surface area (Å²) in [5, 5.41) is 14.5. The van der Waals surface area contributed by atoms with Crippen molar-refractivity contribution in [3.8, 4) is 39.4 Å². The van der Waals surface area contributed by atoms with Gasteiger partial charge < -0.3 is 0 Å². The Labute approximate surface area is 258 Å². The highest BCUT2D eigenvalue weighted by Crippen LogP contribution is 2.57. The summed E-state index contributed by atoms with van der Waals surface area (Å²) < 4.78 is 0. The highest BCUT2D eigenvalue weighted by atomic mass is 14.6. The van der Waals surface area contributed by atoms with E-state index in [-0.39, 0.29) is 10.8 Å². The van der Waals surface area contributed by atoms with Crippen molar-refractivity contribution in [3.63, 3.8) is 0 Å². The van der Waals surface area contributed by atoms with E-state index >= 15 is 0 Å². The number of hydrogen-bond acceptors (Lipinski definition) is 1. The highest BCUT2D eigenvalue weighted by Gasteiger charge is 2.41. The number of hydrogen-bond donors (Lipinski definition) is 0. The molecular weight excluding hydrogens is 532 g/mol. The van der Waals surface area contributed by atoms with Crippen molar-refractivity contribution in [2.75, 3.05) is 0 Å². The molecule has 0 N–H and O–H groups in total. The molecule has 2 nitrogen and oxygen atoms in total. The van der Waals surface area contributed by atoms with Crippen LogP contribution >= 0.6 is 0 Å². The second-order valence-corrected chi connectivity index (χ2v) is 13.8. The van der Waals surface area contributed by atoms with E-state index in [9.17, 15) is 5.26 Å². The maximum Gasteiger partial charge on any atom is 0.195 e. The first kappa shape index (κ1) is 25.3. The summed E-state index contributed by atoms with van der Waals surface area (Å²) in [5.74, 6) is 0. The van der Waals surface area contributed by atoms with E-state index in [0.29, 0.717) is 0 Å². The van der Waals surface area contributed by atoms with Gasteiger partial charge in [-0.25, -0.2) is 4.85 Å². The van der Waals surface area contributed by atoms with E-state index in [1.807, 2.05) is 12.1 Å². The van der Waals surface area contributed by atoms with Gasteiger partial charge in [0.1, 0.15) is 0 Å². The molecule has 208 valence electrons. The lowest BCUT2D eigenvalue weighted by Gasteiger charge is -2.28. The smallest absolute Gasteiger partial charge is 0.195 e. The maximum absolute atomic E-state index is 10.0. The Bertz CT molecular complexity index is 2230. The Morgan fingerprint density at radius 2 is 1.07 bits per heavy atom. The summed E-state index contributed by atoms with van der Waals surface area (Å²) in [4.78, 5) is 3.94. The topological polar surface area (TPSA) is 28.1 Å². The lowest BCUT2D eigenvalue weighted by molar-refractivity contribution is 0.659. The van der Waals surface area contributed by atoms with Crippen LogP contribution in [0.2, 0.25) is 0 Å². The fraction of sp³-hybridized carbons (Fsp3) is 0.190. The first-order chi connectivity index (χ1) is 21.2. The molecule has 0 radical (unpaired) electrons. The van der Waals surface area contributed by atoms with Crippen LogP contribution in [0.1, 0.15) is 66.6 Å². The number of benzene rings is 6. The Kier molecular flexibility index (Phi) is 4.75. The minimum absolute atomic E-state index is 0.209. The van der Waals surface area contributed by atoms with E-state index in [1.165, 1.54) is 77.5 Å². The van der Waals surface area contributed by atoms with Gasteiger partial charge in [0.2, 0.25) is 0 Å². The highest BCUT2D eigenvalue weighted by molar-refractivity contribution is 6.09. The molecular formula is C42H30N2. The van der Waals surface area contributed by atoms with Crippen molar-refractivity contribution in [1.29, 1.82) is 5.26 Å². The van der Waals surface area contributed by atoms with E-state index in [2.05, 4.69) is 111 Å². The van der Waals surface area contributed by atoms with Gasteiger partial charge in [0.25, 0.3) is 0 Å². The van der Waals surface area contributed by atoms with Crippen molar-refractivity contribution < 1.29 is 0 Å². The molecule has 9 rings (SSSR count). The van der Waals surface area contributed by atoms with Gasteiger partial charge in [-0.05, 0) is 114 Å². The average molecular weight is 563 g/mol. The first-order valence-electron chi connectivity index (χ1n) is 15.5. The number of nitrogens with zero attached hydrogens (tertiary/aromatic N) is 2. The summed E-state index contributed by atoms with van der Waals surface area (Å²) in [7, 11) is 0. The third-order valence-electron chi connectivity index (χ3n) is 11.0. The molecule has 0 spiro atoms. The van der Waals surface area contributed by atoms with Crippen molar-refractivity contribution in [2.24, 2.45) is 0 Å². The van der Waals surface area contributed by atoms with Gasteiger partial charge in [-0.15, -0.1) is 0 Å². The van der Waals surface area contributed by atoms with Crippen molar-refractivity contribution >= 4 is 27.2 Å². The van der Waals surface area contributed by atoms with Crippen LogP contribution in [0.3, 0.4) is 0 Å². The zero-order chi connectivity index (χ0) is 30.1. The summed E-state index contributed by atoms with van der Waals surface area (Å²) in [6, 6.07) is 33.4. The molecule has 0 atom stereocenters. The number of fused-ring (bicyclic) bond motifs is 13. The summed E-state index contributed by atoms with van der Waals surface area (Å²) >= 11 is 0. The zero-order valence-corrected chi connectivity index (χ0v) is 25.4. The van der Waals surface area contributed by atoms with Gasteiger partial charge >= 0.3 is 0 Å². The van der Waals surface area contributed by atoms with E-state index in [1.54, 1.807) is 0 Å². The van der Waals surface area contributed by atoms with Gasteiger partial charge in [0.15, 0.2) is 5.69 Å². The van der Waals surface area contributed by atoms with Crippen LogP contribution in [-0.4, -0.2) is 0 Å². The molecule has 6 aromatic rings. The van der Waals surface area contributed by atoms with Crippen LogP contribution in [-0.2, 0) is 23.7 Å². The van der Waals surface area contributed by atoms with Crippen molar-refractivity contribution in [3.05, 3.63) is 135 Å². The molecule has 0 unspecified atom stereocenters. The van der Waals surface area contributed by atoms with Gasteiger partial charge in [-0.1, -0.05) is 94.4 Å². The SMILES string of the molecule is [C-]#[N+]c1cc2c(c3ccccc13)-c1cc3c(cc1C2(C)C)-c1cc2c(cc1CC3)-c1c(cc(C#N)c3ccccc13)C2(C)C. The third kappa shape index (κ3) is 2.98. The Morgan fingerprint density at radius 1 is 0.591 bits per heavy atom. The van der Waals surface area contributed by atoms with Gasteiger partial charge in [-0.3, -0.25) is 0 Å². The lowest BCUT2D eigenvalue weighted by Crippen LogP contribution is -2.17. The zero-order valence-electron chi connectivity index (χ0n) is 25.4. The normalized spacial score (nSPS) is 15.9. The average Bonchev–Trinajstić information content (AvgIpc) is 3.40. The number of aryl methyl sites for hydroxylation is 2. The second kappa shape index (κ2) is 8.25. The molecule has 0 saturated heterocycles. The molecule has 0 heterocycles. The molecule has 0 aliphatic heterocycles. The predicted octanol–water partition coefficient (Wildman–Crippen LogP) is 10.8. The first-order valence-corrected chi connectivity index (χ1v) is 15.5. The van der Waals surface area contributed by atoms with Crippen LogP contribution in [0.25, 0.3) is 59.8 Å². The summed E-state index contributed by atoms with van der Waals surface area (Å²) in [6.45, 7) is 17.2. The van der Waals surface area contributed by atoms with Crippen LogP contribution in [0, 0.1) is 17.9 Å². The second-order valence-electron chi connectivity index (χ2n) is 13.8. The quantitative estimate of drug-likeness (QED) is 0.169. The Morgan fingerprint density at radius 3 is 1.59 bits per heavy atom. The molecule has 0 bridgehead atoms. The molecule has 3 aliphatic carbocycles. The van der Waals surface area contributed by atoms with Crippen LogP contribution < -0.4 is 0 Å². The van der Waals surface area contributed by atoms with Crippen LogP contribution in [0.5, 0.6) is 0 Å². The molecule has 6 aromatic carbocycles. The fourth-order valence-corrected chi connectivity index (χ4v) is 8.69. The standard InChI is InChI=1S/C42H30N2/c1-41(2)34-19-30-23(16-32(34)39-28-12-8-6-10-26(28)25(22-43)18-36(39)41)14-15-24-17-33-35(20-31(24)30)42(3,4)37-21-38(44-5)27-11-7-9-13-29(27)40(33)37/h6-13,16-21H,14-15H2,1-4H3. The Balaban J connectivity index is 1.29. The van der Waals surface area contributed by atoms with E-state index in [4.69, 9.17) is 6.57 Å². The maximum atomic E-state index is 10.0. The number of nitriles is 1. The minimum Gasteiger partial charge on any atom is -0.238 e. The predicted molar refractivity (Wildman–Crippen MR) is 180 cm³/mol. The van der Waals surface area contributed by atoms with Gasteiger partial charge in [0.05, 0.1) is 18.2 Å². The van der Waals surface area contributed by atoms with Gasteiger partial charge in [0, 0.05) is 16.2 Å². The van der Waals surface area contributed by atoms with Crippen LogP contribution in [0.15, 0.2) is 84.9 Å². The summed E-state index contributed by atoms with van der Waals surface area (Å²) in [6.07, 6.45) is 2.01. The lowest BCUT2D eigenvalue weighted by atomic mass is 9.76. The van der Waals surface area contributed by atoms with Crippen molar-refractivity contribution in [1.82, 2.24) is 0 Å². The molecule has 2 heteroatoms. The van der Waals surface area contributed by atoms with E-state index < -0.39 is 0 Å². The molecule has 0 fully saturated rings. The number of rotatable bonds is 0. The van der Waals surface area contributed by atoms with E-state index in [0.717, 1.165) is 34.9 Å².